The minimum absolute atomic E-state index is 0. The smallest absolute Gasteiger partial charge is 0.744 e. The quantitative estimate of drug-likeness (QED) is 0.244. The molecule has 0 bridgehead atoms. The van der Waals surface area contributed by atoms with Gasteiger partial charge in [-0.05, 0) is 0 Å². The van der Waals surface area contributed by atoms with E-state index in [0.29, 0.717) is 0 Å². The fourth-order valence-electron chi connectivity index (χ4n) is 1.03. The van der Waals surface area contributed by atoms with E-state index in [1.807, 2.05) is 0 Å². The molecular weight excluding hydrogens is 452 g/mol. The van der Waals surface area contributed by atoms with Gasteiger partial charge in [-0.1, -0.05) is 46.4 Å². The zero-order valence-electron chi connectivity index (χ0n) is 10.8. The largest absolute Gasteiger partial charge is 1.00 e. The number of halogens is 4. The summed E-state index contributed by atoms with van der Waals surface area (Å²) >= 11 is 21.6. The van der Waals surface area contributed by atoms with Gasteiger partial charge >= 0.3 is 59.1 Å². The van der Waals surface area contributed by atoms with Gasteiger partial charge in [-0.25, -0.2) is 16.8 Å². The molecule has 0 radical (unpaired) electrons. The Morgan fingerprint density at radius 3 is 0.818 bits per heavy atom. The molecule has 0 aliphatic rings. The summed E-state index contributed by atoms with van der Waals surface area (Å²) in [4.78, 5) is -2.37. The summed E-state index contributed by atoms with van der Waals surface area (Å²) in [5, 5.41) is -3.91. The molecule has 0 heterocycles. The molecule has 22 heavy (non-hydrogen) atoms. The monoisotopic (exact) mass is 454 g/mol. The third-order valence-electron chi connectivity index (χ3n) is 1.68. The molecule has 118 valence electrons. The van der Waals surface area contributed by atoms with Crippen LogP contribution in [-0.2, 0) is 20.2 Å². The summed E-state index contributed by atoms with van der Waals surface area (Å²) in [6, 6.07) is 0. The van der Waals surface area contributed by atoms with Crippen LogP contribution in [0.1, 0.15) is 0 Å². The minimum Gasteiger partial charge on any atom is -0.744 e. The van der Waals surface area contributed by atoms with Crippen molar-refractivity contribution in [1.29, 1.82) is 0 Å². The molecule has 0 fully saturated rings. The van der Waals surface area contributed by atoms with E-state index in [4.69, 9.17) is 46.4 Å². The van der Waals surface area contributed by atoms with Crippen molar-refractivity contribution < 1.29 is 96.0 Å². The third kappa shape index (κ3) is 6.79. The van der Waals surface area contributed by atoms with Crippen molar-refractivity contribution in [3.8, 4) is 0 Å². The van der Waals surface area contributed by atoms with Crippen LogP contribution in [0, 0.1) is 0 Å². The average molecular weight is 456 g/mol. The number of hydrogen-bond donors (Lipinski definition) is 0. The molecule has 0 spiro atoms. The minimum atomic E-state index is -5.15. The van der Waals surface area contributed by atoms with Crippen molar-refractivity contribution in [2.45, 2.75) is 9.79 Å². The molecule has 8 nitrogen and oxygen atoms in total. The second-order valence-electron chi connectivity index (χ2n) is 2.82. The zero-order chi connectivity index (χ0) is 14.5. The Hall–Kier alpha value is 2.12. The predicted molar refractivity (Wildman–Crippen MR) is 69.6 cm³/mol. The summed E-state index contributed by atoms with van der Waals surface area (Å²) < 4.78 is 65.2. The Balaban J connectivity index is -0.000000405. The van der Waals surface area contributed by atoms with Crippen LogP contribution in [0.15, 0.2) is 9.79 Å². The average Bonchev–Trinajstić information content (AvgIpc) is 2.10. The Morgan fingerprint density at radius 1 is 0.591 bits per heavy atom. The molecule has 16 heteroatoms. The molecule has 0 aliphatic carbocycles. The molecule has 0 aliphatic heterocycles. The summed E-state index contributed by atoms with van der Waals surface area (Å²) in [6.45, 7) is 0. The fourth-order valence-corrected chi connectivity index (χ4v) is 4.53. The van der Waals surface area contributed by atoms with Gasteiger partial charge in [-0.15, -0.1) is 0 Å². The molecule has 0 unspecified atom stereocenters. The molecule has 0 saturated carbocycles. The molecule has 0 aromatic heterocycles. The maximum Gasteiger partial charge on any atom is 1.00 e. The van der Waals surface area contributed by atoms with Gasteiger partial charge in [0.05, 0.1) is 29.9 Å². The van der Waals surface area contributed by atoms with E-state index in [2.05, 4.69) is 0 Å². The summed E-state index contributed by atoms with van der Waals surface area (Å²) in [7, 11) is -10.3. The maximum absolute atomic E-state index is 10.9. The van der Waals surface area contributed by atoms with Gasteiger partial charge in [-0.2, -0.15) is 0 Å². The van der Waals surface area contributed by atoms with Crippen molar-refractivity contribution in [3.63, 3.8) is 0 Å². The normalized spacial score (nSPS) is 10.5. The Kier molecular flexibility index (Phi) is 15.9. The van der Waals surface area contributed by atoms with E-state index in [9.17, 15) is 25.9 Å². The molecular formula is C6H4Cl4Na2O8S2. The summed E-state index contributed by atoms with van der Waals surface area (Å²) in [5.74, 6) is 0. The topological polar surface area (TPSA) is 177 Å². The van der Waals surface area contributed by atoms with Crippen molar-refractivity contribution in [2.75, 3.05) is 0 Å². The van der Waals surface area contributed by atoms with Crippen LogP contribution in [0.3, 0.4) is 0 Å². The van der Waals surface area contributed by atoms with Gasteiger partial charge in [0.2, 0.25) is 0 Å². The maximum atomic E-state index is 10.9. The van der Waals surface area contributed by atoms with Crippen molar-refractivity contribution >= 4 is 66.6 Å². The number of benzene rings is 1. The van der Waals surface area contributed by atoms with Gasteiger partial charge in [0.15, 0.2) is 0 Å². The molecule has 1 rings (SSSR count). The molecule has 0 atom stereocenters. The molecule has 1 aromatic carbocycles. The molecule has 4 N–H and O–H groups in total. The Morgan fingerprint density at radius 2 is 0.727 bits per heavy atom. The second kappa shape index (κ2) is 11.0. The van der Waals surface area contributed by atoms with Crippen LogP contribution in [0.2, 0.25) is 20.1 Å². The second-order valence-corrected chi connectivity index (χ2v) is 6.97. The van der Waals surface area contributed by atoms with Gasteiger partial charge in [0.1, 0.15) is 20.2 Å². The van der Waals surface area contributed by atoms with Gasteiger partial charge in [-0.3, -0.25) is 0 Å². The van der Waals surface area contributed by atoms with E-state index >= 15 is 0 Å². The van der Waals surface area contributed by atoms with Crippen LogP contribution in [0.4, 0.5) is 0 Å². The summed E-state index contributed by atoms with van der Waals surface area (Å²) in [6.07, 6.45) is 0. The van der Waals surface area contributed by atoms with E-state index in [0.717, 1.165) is 0 Å². The third-order valence-corrected chi connectivity index (χ3v) is 5.65. The fraction of sp³-hybridized carbons (Fsp3) is 0. The van der Waals surface area contributed by atoms with E-state index in [1.165, 1.54) is 0 Å². The standard InChI is InChI=1S/C6H2Cl4O6S2.2Na.2H2O/c7-1-2(8)6(18(14,15)16)4(10)3(9)5(1)17(11,12)13;;;;/h(H,11,12,13)(H,14,15,16);;;2*1H2/q;2*+1;;/p-2. The van der Waals surface area contributed by atoms with E-state index in [-0.39, 0.29) is 70.1 Å². The van der Waals surface area contributed by atoms with Gasteiger partial charge in [0.25, 0.3) is 0 Å². The van der Waals surface area contributed by atoms with Crippen LogP contribution >= 0.6 is 46.4 Å². The first-order valence-electron chi connectivity index (χ1n) is 3.66. The van der Waals surface area contributed by atoms with Crippen molar-refractivity contribution in [2.24, 2.45) is 0 Å². The van der Waals surface area contributed by atoms with Crippen LogP contribution in [0.25, 0.3) is 0 Å². The van der Waals surface area contributed by atoms with E-state index in [1.54, 1.807) is 0 Å². The molecule has 0 saturated heterocycles. The Bertz CT molecular complexity index is 643. The van der Waals surface area contributed by atoms with Crippen LogP contribution < -0.4 is 59.1 Å². The zero-order valence-corrected chi connectivity index (χ0v) is 19.4. The molecule has 0 amide bonds. The van der Waals surface area contributed by atoms with Gasteiger partial charge in [0, 0.05) is 0 Å². The molecule has 1 aromatic rings. The van der Waals surface area contributed by atoms with Crippen LogP contribution in [-0.4, -0.2) is 36.9 Å². The summed E-state index contributed by atoms with van der Waals surface area (Å²) in [5.41, 5.74) is 0. The number of rotatable bonds is 2. The van der Waals surface area contributed by atoms with E-state index < -0.39 is 50.1 Å². The SMILES string of the molecule is O.O.O=S(=O)([O-])c1c(Cl)c(Cl)c(S(=O)(=O)[O-])c(Cl)c1Cl.[Na+].[Na+]. The first kappa shape index (κ1) is 31.8. The first-order valence-corrected chi connectivity index (χ1v) is 7.99. The number of hydrogen-bond acceptors (Lipinski definition) is 6. The predicted octanol–water partition coefficient (Wildman–Crippen LogP) is -5.53. The van der Waals surface area contributed by atoms with Gasteiger partial charge < -0.3 is 20.1 Å². The van der Waals surface area contributed by atoms with Crippen molar-refractivity contribution in [3.05, 3.63) is 20.1 Å². The Labute approximate surface area is 190 Å². The first-order chi connectivity index (χ1) is 7.89. The van der Waals surface area contributed by atoms with Crippen molar-refractivity contribution in [1.82, 2.24) is 0 Å². The van der Waals surface area contributed by atoms with Crippen LogP contribution in [0.5, 0.6) is 0 Å².